The molecule has 0 radical (unpaired) electrons. The highest BCUT2D eigenvalue weighted by atomic mass is 16.5. The number of methoxy groups -OCH3 is 1. The van der Waals surface area contributed by atoms with Gasteiger partial charge in [0, 0.05) is 13.6 Å². The van der Waals surface area contributed by atoms with Crippen LogP contribution in [0, 0.1) is 0 Å². The molecule has 4 nitrogen and oxygen atoms in total. The molecule has 1 heterocycles. The summed E-state index contributed by atoms with van der Waals surface area (Å²) in [6.45, 7) is 0.486. The predicted octanol–water partition coefficient (Wildman–Crippen LogP) is 2.71. The second-order valence-corrected chi connectivity index (χ2v) is 4.68. The van der Waals surface area contributed by atoms with Crippen molar-refractivity contribution in [3.8, 4) is 17.1 Å². The Labute approximate surface area is 117 Å². The van der Waals surface area contributed by atoms with Gasteiger partial charge in [0.25, 0.3) is 0 Å². The number of aromatic nitrogens is 2. The number of rotatable bonds is 3. The zero-order valence-electron chi connectivity index (χ0n) is 11.6. The Kier molecular flexibility index (Phi) is 3.16. The highest BCUT2D eigenvalue weighted by Crippen LogP contribution is 2.31. The molecule has 3 aromatic rings. The lowest BCUT2D eigenvalue weighted by Gasteiger charge is -2.07. The van der Waals surface area contributed by atoms with Gasteiger partial charge in [0.15, 0.2) is 0 Å². The van der Waals surface area contributed by atoms with Gasteiger partial charge < -0.3 is 15.0 Å². The fourth-order valence-corrected chi connectivity index (χ4v) is 2.51. The Hall–Kier alpha value is -2.33. The number of benzene rings is 2. The van der Waals surface area contributed by atoms with E-state index in [0.717, 1.165) is 33.7 Å². The SMILES string of the molecule is COc1ccccc1-c1nc2c(CN)cccc2n1C. The first kappa shape index (κ1) is 12.7. The molecule has 3 rings (SSSR count). The van der Waals surface area contributed by atoms with E-state index in [4.69, 9.17) is 15.5 Å². The molecule has 0 spiro atoms. The molecule has 0 aliphatic rings. The Bertz CT molecular complexity index is 762. The summed E-state index contributed by atoms with van der Waals surface area (Å²) >= 11 is 0. The van der Waals surface area contributed by atoms with E-state index < -0.39 is 0 Å². The quantitative estimate of drug-likeness (QED) is 0.793. The van der Waals surface area contributed by atoms with Crippen molar-refractivity contribution in [2.24, 2.45) is 12.8 Å². The minimum absolute atomic E-state index is 0.486. The number of nitrogens with two attached hydrogens (primary N) is 1. The summed E-state index contributed by atoms with van der Waals surface area (Å²) < 4.78 is 7.51. The van der Waals surface area contributed by atoms with Crippen LogP contribution in [0.4, 0.5) is 0 Å². The monoisotopic (exact) mass is 267 g/mol. The Morgan fingerprint density at radius 1 is 1.15 bits per heavy atom. The number of ether oxygens (including phenoxy) is 1. The van der Waals surface area contributed by atoms with Gasteiger partial charge in [-0.25, -0.2) is 4.98 Å². The lowest BCUT2D eigenvalue weighted by molar-refractivity contribution is 0.416. The number of hydrogen-bond donors (Lipinski definition) is 1. The summed E-state index contributed by atoms with van der Waals surface area (Å²) in [4.78, 5) is 4.76. The van der Waals surface area contributed by atoms with Crippen LogP contribution in [0.25, 0.3) is 22.4 Å². The number of aryl methyl sites for hydroxylation is 1. The summed E-state index contributed by atoms with van der Waals surface area (Å²) in [5.74, 6) is 1.71. The molecule has 1 aromatic heterocycles. The number of hydrogen-bond acceptors (Lipinski definition) is 3. The summed E-state index contributed by atoms with van der Waals surface area (Å²) in [5.41, 5.74) is 9.87. The molecule has 0 fully saturated rings. The number of fused-ring (bicyclic) bond motifs is 1. The molecule has 102 valence electrons. The van der Waals surface area contributed by atoms with Gasteiger partial charge in [-0.3, -0.25) is 0 Å². The maximum absolute atomic E-state index is 5.80. The zero-order chi connectivity index (χ0) is 14.1. The molecule has 2 N–H and O–H groups in total. The number of para-hydroxylation sites is 2. The molecular weight excluding hydrogens is 250 g/mol. The molecule has 4 heteroatoms. The van der Waals surface area contributed by atoms with Crippen LogP contribution in [-0.2, 0) is 13.6 Å². The van der Waals surface area contributed by atoms with Gasteiger partial charge in [0.05, 0.1) is 23.7 Å². The molecule has 0 atom stereocenters. The Morgan fingerprint density at radius 3 is 2.70 bits per heavy atom. The van der Waals surface area contributed by atoms with Gasteiger partial charge in [0.2, 0.25) is 0 Å². The average Bonchev–Trinajstić information content (AvgIpc) is 2.84. The fourth-order valence-electron chi connectivity index (χ4n) is 2.51. The van der Waals surface area contributed by atoms with Crippen LogP contribution in [-0.4, -0.2) is 16.7 Å². The van der Waals surface area contributed by atoms with Crippen molar-refractivity contribution in [3.05, 3.63) is 48.0 Å². The summed E-state index contributed by atoms with van der Waals surface area (Å²) in [7, 11) is 3.68. The smallest absolute Gasteiger partial charge is 0.144 e. The van der Waals surface area contributed by atoms with E-state index >= 15 is 0 Å². The first-order valence-electron chi connectivity index (χ1n) is 6.54. The van der Waals surface area contributed by atoms with E-state index in [9.17, 15) is 0 Å². The maximum Gasteiger partial charge on any atom is 0.144 e. The molecule has 0 aliphatic carbocycles. The van der Waals surface area contributed by atoms with E-state index in [1.165, 1.54) is 0 Å². The highest BCUT2D eigenvalue weighted by Gasteiger charge is 2.14. The predicted molar refractivity (Wildman–Crippen MR) is 80.6 cm³/mol. The standard InChI is InChI=1S/C16H17N3O/c1-19-13-8-5-6-11(10-17)15(13)18-16(19)12-7-3-4-9-14(12)20-2/h3-9H,10,17H2,1-2H3. The highest BCUT2D eigenvalue weighted by molar-refractivity contribution is 5.84. The third-order valence-corrected chi connectivity index (χ3v) is 3.56. The van der Waals surface area contributed by atoms with Gasteiger partial charge in [0.1, 0.15) is 11.6 Å². The molecule has 0 saturated carbocycles. The van der Waals surface area contributed by atoms with Crippen LogP contribution in [0.2, 0.25) is 0 Å². The lowest BCUT2D eigenvalue weighted by atomic mass is 10.2. The van der Waals surface area contributed by atoms with Crippen molar-refractivity contribution in [3.63, 3.8) is 0 Å². The number of nitrogens with zero attached hydrogens (tertiary/aromatic N) is 2. The van der Waals surface area contributed by atoms with Gasteiger partial charge in [-0.05, 0) is 23.8 Å². The lowest BCUT2D eigenvalue weighted by Crippen LogP contribution is -1.97. The van der Waals surface area contributed by atoms with Crippen molar-refractivity contribution in [1.29, 1.82) is 0 Å². The molecular formula is C16H17N3O. The van der Waals surface area contributed by atoms with E-state index in [1.807, 2.05) is 43.4 Å². The van der Waals surface area contributed by atoms with Gasteiger partial charge in [-0.1, -0.05) is 24.3 Å². The van der Waals surface area contributed by atoms with Gasteiger partial charge in [-0.2, -0.15) is 0 Å². The normalized spacial score (nSPS) is 10.9. The van der Waals surface area contributed by atoms with Crippen LogP contribution in [0.3, 0.4) is 0 Å². The van der Waals surface area contributed by atoms with Crippen LogP contribution in [0.1, 0.15) is 5.56 Å². The topological polar surface area (TPSA) is 53.1 Å². The average molecular weight is 267 g/mol. The van der Waals surface area contributed by atoms with Crippen LogP contribution >= 0.6 is 0 Å². The van der Waals surface area contributed by atoms with Crippen molar-refractivity contribution in [1.82, 2.24) is 9.55 Å². The Morgan fingerprint density at radius 2 is 1.95 bits per heavy atom. The van der Waals surface area contributed by atoms with Crippen molar-refractivity contribution in [2.75, 3.05) is 7.11 Å². The Balaban J connectivity index is 2.29. The molecule has 20 heavy (non-hydrogen) atoms. The first-order chi connectivity index (χ1) is 9.76. The minimum atomic E-state index is 0.486. The second-order valence-electron chi connectivity index (χ2n) is 4.68. The summed E-state index contributed by atoms with van der Waals surface area (Å²) in [6.07, 6.45) is 0. The van der Waals surface area contributed by atoms with E-state index in [-0.39, 0.29) is 0 Å². The number of imidazole rings is 1. The largest absolute Gasteiger partial charge is 0.496 e. The van der Waals surface area contributed by atoms with Crippen LogP contribution in [0.5, 0.6) is 5.75 Å². The molecule has 0 amide bonds. The molecule has 0 unspecified atom stereocenters. The first-order valence-corrected chi connectivity index (χ1v) is 6.54. The molecule has 0 aliphatic heterocycles. The van der Waals surface area contributed by atoms with Gasteiger partial charge in [-0.15, -0.1) is 0 Å². The maximum atomic E-state index is 5.80. The van der Waals surface area contributed by atoms with Crippen molar-refractivity contribution < 1.29 is 4.74 Å². The third-order valence-electron chi connectivity index (χ3n) is 3.56. The molecule has 2 aromatic carbocycles. The summed E-state index contributed by atoms with van der Waals surface area (Å²) in [6, 6.07) is 14.0. The van der Waals surface area contributed by atoms with E-state index in [2.05, 4.69) is 10.6 Å². The van der Waals surface area contributed by atoms with Crippen molar-refractivity contribution >= 4 is 11.0 Å². The third kappa shape index (κ3) is 1.85. The van der Waals surface area contributed by atoms with Crippen LogP contribution < -0.4 is 10.5 Å². The van der Waals surface area contributed by atoms with Gasteiger partial charge >= 0.3 is 0 Å². The molecule has 0 bridgehead atoms. The summed E-state index contributed by atoms with van der Waals surface area (Å²) in [5, 5.41) is 0. The zero-order valence-corrected chi connectivity index (χ0v) is 11.6. The van der Waals surface area contributed by atoms with Crippen molar-refractivity contribution in [2.45, 2.75) is 6.54 Å². The minimum Gasteiger partial charge on any atom is -0.496 e. The van der Waals surface area contributed by atoms with E-state index in [0.29, 0.717) is 6.54 Å². The second kappa shape index (κ2) is 4.98. The molecule has 0 saturated heterocycles. The van der Waals surface area contributed by atoms with Crippen LogP contribution in [0.15, 0.2) is 42.5 Å². The van der Waals surface area contributed by atoms with E-state index in [1.54, 1.807) is 7.11 Å². The fraction of sp³-hybridized carbons (Fsp3) is 0.188.